The van der Waals surface area contributed by atoms with Crippen LogP contribution in [-0.4, -0.2) is 23.3 Å². The lowest BCUT2D eigenvalue weighted by Gasteiger charge is -2.21. The molecule has 212 valence electrons. The van der Waals surface area contributed by atoms with Crippen LogP contribution in [0.4, 0.5) is 5.69 Å². The van der Waals surface area contributed by atoms with Gasteiger partial charge in [0, 0.05) is 28.5 Å². The number of anilines is 1. The van der Waals surface area contributed by atoms with Crippen LogP contribution in [0.15, 0.2) is 118 Å². The zero-order valence-corrected chi connectivity index (χ0v) is 25.0. The van der Waals surface area contributed by atoms with Gasteiger partial charge in [-0.05, 0) is 60.2 Å². The Labute approximate surface area is 253 Å². The molecule has 0 saturated carbocycles. The van der Waals surface area contributed by atoms with Gasteiger partial charge in [-0.1, -0.05) is 72.0 Å². The van der Waals surface area contributed by atoms with Crippen molar-refractivity contribution in [2.75, 3.05) is 11.2 Å². The number of para-hydroxylation sites is 1. The SMILES string of the molecule is CSc1ccc2c(c1)S\C(=C/C=C(C)/C=C/c1cc[n+](CCC(=O)O)c3ccccc13)N2Cc1ccc(C(=O)[O-])cc1. The van der Waals surface area contributed by atoms with Crippen LogP contribution >= 0.6 is 23.5 Å². The van der Waals surface area contributed by atoms with Gasteiger partial charge in [0.2, 0.25) is 5.52 Å². The summed E-state index contributed by atoms with van der Waals surface area (Å²) >= 11 is 3.44. The summed E-state index contributed by atoms with van der Waals surface area (Å²) in [7, 11) is 0. The van der Waals surface area contributed by atoms with Crippen LogP contribution in [0.25, 0.3) is 17.0 Å². The molecule has 1 N–H and O–H groups in total. The monoisotopic (exact) mass is 594 g/mol. The first-order valence-electron chi connectivity index (χ1n) is 13.5. The third-order valence-electron chi connectivity index (χ3n) is 7.01. The van der Waals surface area contributed by atoms with E-state index >= 15 is 0 Å². The molecular formula is C34H30N2O4S2. The molecule has 5 rings (SSSR count). The molecule has 0 bridgehead atoms. The lowest BCUT2D eigenvalue weighted by atomic mass is 10.1. The van der Waals surface area contributed by atoms with Crippen molar-refractivity contribution in [1.29, 1.82) is 0 Å². The molecule has 3 aromatic carbocycles. The molecule has 0 saturated heterocycles. The second-order valence-electron chi connectivity index (χ2n) is 9.88. The molecule has 0 atom stereocenters. The number of nitrogens with zero attached hydrogens (tertiary/aromatic N) is 2. The fourth-order valence-corrected chi connectivity index (χ4v) is 6.39. The molecule has 8 heteroatoms. The summed E-state index contributed by atoms with van der Waals surface area (Å²) in [6, 6.07) is 23.4. The molecule has 6 nitrogen and oxygen atoms in total. The van der Waals surface area contributed by atoms with Gasteiger partial charge in [0.05, 0.1) is 22.1 Å². The molecule has 0 radical (unpaired) electrons. The van der Waals surface area contributed by atoms with Gasteiger partial charge in [0.1, 0.15) is 6.42 Å². The number of aromatic carboxylic acids is 1. The summed E-state index contributed by atoms with van der Waals surface area (Å²) in [5.74, 6) is -1.99. The first-order valence-corrected chi connectivity index (χ1v) is 15.5. The van der Waals surface area contributed by atoms with Crippen molar-refractivity contribution < 1.29 is 24.4 Å². The summed E-state index contributed by atoms with van der Waals surface area (Å²) in [6.45, 7) is 3.09. The van der Waals surface area contributed by atoms with Crippen molar-refractivity contribution in [3.63, 3.8) is 0 Å². The number of aliphatic carboxylic acids is 1. The molecule has 1 aliphatic rings. The molecular weight excluding hydrogens is 565 g/mol. The van der Waals surface area contributed by atoms with Gasteiger partial charge >= 0.3 is 5.97 Å². The maximum atomic E-state index is 11.2. The van der Waals surface area contributed by atoms with Crippen LogP contribution in [0.1, 0.15) is 34.8 Å². The predicted molar refractivity (Wildman–Crippen MR) is 168 cm³/mol. The number of pyridine rings is 1. The number of allylic oxidation sites excluding steroid dienone is 4. The van der Waals surface area contributed by atoms with Gasteiger partial charge in [-0.25, -0.2) is 0 Å². The van der Waals surface area contributed by atoms with Gasteiger partial charge in [-0.2, -0.15) is 4.57 Å². The quantitative estimate of drug-likeness (QED) is 0.131. The summed E-state index contributed by atoms with van der Waals surface area (Å²) in [4.78, 5) is 26.9. The van der Waals surface area contributed by atoms with Crippen molar-refractivity contribution in [3.05, 3.63) is 125 Å². The lowest BCUT2D eigenvalue weighted by Crippen LogP contribution is -2.35. The van der Waals surface area contributed by atoms with Crippen LogP contribution in [0.2, 0.25) is 0 Å². The standard InChI is InChI=1S/C34H30N2O4S2/c1-23(7-11-25-17-19-35(20-18-33(37)38)29-6-4-3-5-28(25)29)8-16-32-36(22-24-9-12-26(13-10-24)34(39)40)30-15-14-27(41-2)21-31(30)42-32/h3-17,19,21H,18,20,22H2,1-2H3,(H-,37,38,39,40). The number of hydrogen-bond acceptors (Lipinski definition) is 6. The van der Waals surface area contributed by atoms with Crippen molar-refractivity contribution in [2.24, 2.45) is 0 Å². The Hall–Kier alpha value is -4.27. The van der Waals surface area contributed by atoms with Gasteiger partial charge in [0.15, 0.2) is 12.7 Å². The predicted octanol–water partition coefficient (Wildman–Crippen LogP) is 6.30. The highest BCUT2D eigenvalue weighted by molar-refractivity contribution is 8.03. The van der Waals surface area contributed by atoms with Crippen molar-refractivity contribution in [1.82, 2.24) is 0 Å². The largest absolute Gasteiger partial charge is 0.545 e. The van der Waals surface area contributed by atoms with E-state index in [1.807, 2.05) is 47.2 Å². The van der Waals surface area contributed by atoms with E-state index in [1.54, 1.807) is 35.7 Å². The van der Waals surface area contributed by atoms with Crippen LogP contribution in [-0.2, 0) is 17.9 Å². The van der Waals surface area contributed by atoms with Gasteiger partial charge in [-0.3, -0.25) is 4.79 Å². The molecule has 1 aromatic heterocycles. The Kier molecular flexibility index (Phi) is 9.15. The number of carboxylic acids is 2. The van der Waals surface area contributed by atoms with E-state index in [0.29, 0.717) is 13.1 Å². The van der Waals surface area contributed by atoms with Gasteiger partial charge < -0.3 is 19.9 Å². The average Bonchev–Trinajstić information content (AvgIpc) is 3.34. The lowest BCUT2D eigenvalue weighted by molar-refractivity contribution is -0.670. The van der Waals surface area contributed by atoms with E-state index in [2.05, 4.69) is 66.6 Å². The highest BCUT2D eigenvalue weighted by atomic mass is 32.2. The Morgan fingerprint density at radius 1 is 1.07 bits per heavy atom. The smallest absolute Gasteiger partial charge is 0.309 e. The number of benzene rings is 3. The maximum Gasteiger partial charge on any atom is 0.309 e. The minimum atomic E-state index is -1.18. The van der Waals surface area contributed by atoms with Crippen molar-refractivity contribution in [2.45, 2.75) is 36.2 Å². The summed E-state index contributed by atoms with van der Waals surface area (Å²) in [5, 5.41) is 22.4. The minimum absolute atomic E-state index is 0.0724. The number of carbonyl (C=O) groups is 2. The third kappa shape index (κ3) is 6.78. The Morgan fingerprint density at radius 2 is 1.86 bits per heavy atom. The molecule has 0 unspecified atom stereocenters. The maximum absolute atomic E-state index is 11.2. The number of fused-ring (bicyclic) bond motifs is 2. The highest BCUT2D eigenvalue weighted by Gasteiger charge is 2.25. The van der Waals surface area contributed by atoms with Crippen LogP contribution in [0.3, 0.4) is 0 Å². The summed E-state index contributed by atoms with van der Waals surface area (Å²) in [6.07, 6.45) is 12.5. The number of thioether (sulfide) groups is 2. The van der Waals surface area contributed by atoms with Gasteiger partial charge in [-0.15, -0.1) is 11.8 Å². The van der Waals surface area contributed by atoms with E-state index < -0.39 is 11.9 Å². The molecule has 0 aliphatic carbocycles. The molecule has 0 amide bonds. The Morgan fingerprint density at radius 3 is 2.60 bits per heavy atom. The second-order valence-corrected chi connectivity index (χ2v) is 11.8. The fraction of sp³-hybridized carbons (Fsp3) is 0.147. The molecule has 1 aliphatic heterocycles. The Balaban J connectivity index is 1.40. The number of aryl methyl sites for hydroxylation is 1. The van der Waals surface area contributed by atoms with Crippen LogP contribution in [0, 0.1) is 0 Å². The van der Waals surface area contributed by atoms with E-state index in [0.717, 1.165) is 38.3 Å². The summed E-state index contributed by atoms with van der Waals surface area (Å²) < 4.78 is 1.98. The average molecular weight is 595 g/mol. The van der Waals surface area contributed by atoms with Crippen LogP contribution < -0.4 is 14.6 Å². The summed E-state index contributed by atoms with van der Waals surface area (Å²) in [5.41, 5.74) is 5.44. The number of carboxylic acid groups (broad SMARTS) is 2. The second kappa shape index (κ2) is 13.1. The topological polar surface area (TPSA) is 84.5 Å². The first kappa shape index (κ1) is 29.2. The van der Waals surface area contributed by atoms with Gasteiger partial charge in [0.25, 0.3) is 0 Å². The van der Waals surface area contributed by atoms with E-state index in [4.69, 9.17) is 5.11 Å². The highest BCUT2D eigenvalue weighted by Crippen LogP contribution is 2.48. The van der Waals surface area contributed by atoms with Crippen molar-refractivity contribution >= 4 is 58.1 Å². The van der Waals surface area contributed by atoms with Crippen LogP contribution in [0.5, 0.6) is 0 Å². The molecule has 4 aromatic rings. The zero-order chi connectivity index (χ0) is 29.6. The number of rotatable bonds is 10. The minimum Gasteiger partial charge on any atom is -0.545 e. The normalized spacial score (nSPS) is 14.2. The zero-order valence-electron chi connectivity index (χ0n) is 23.3. The van der Waals surface area contributed by atoms with E-state index in [-0.39, 0.29) is 12.0 Å². The van der Waals surface area contributed by atoms with E-state index in [1.165, 1.54) is 9.79 Å². The van der Waals surface area contributed by atoms with Crippen molar-refractivity contribution in [3.8, 4) is 0 Å². The molecule has 42 heavy (non-hydrogen) atoms. The number of carbonyl (C=O) groups excluding carboxylic acids is 1. The number of aromatic nitrogens is 1. The Bertz CT molecular complexity index is 1740. The molecule has 2 heterocycles. The molecule has 0 fully saturated rings. The molecule has 0 spiro atoms. The fourth-order valence-electron chi connectivity index (χ4n) is 4.77. The third-order valence-corrected chi connectivity index (χ3v) is 8.85. The number of hydrogen-bond donors (Lipinski definition) is 1. The first-order chi connectivity index (χ1) is 20.3. The van der Waals surface area contributed by atoms with E-state index in [9.17, 15) is 14.7 Å².